The number of hydrogen-bond acceptors (Lipinski definition) is 1. The van der Waals surface area contributed by atoms with E-state index in [0.29, 0.717) is 5.75 Å². The monoisotopic (exact) mass is 274 g/mol. The fourth-order valence-electron chi connectivity index (χ4n) is 0.973. The Morgan fingerprint density at radius 2 is 2.00 bits per heavy atom. The summed E-state index contributed by atoms with van der Waals surface area (Å²) in [7, 11) is 2.16. The highest BCUT2D eigenvalue weighted by atomic mass is 127. The van der Waals surface area contributed by atoms with Crippen molar-refractivity contribution in [3.05, 3.63) is 27.3 Å². The Bertz CT molecular complexity index is 291. The summed E-state index contributed by atoms with van der Waals surface area (Å²) < 4.78 is 0.917. The maximum atomic E-state index is 9.30. The van der Waals surface area contributed by atoms with Crippen LogP contribution in [0.2, 0.25) is 0 Å². The van der Waals surface area contributed by atoms with Crippen molar-refractivity contribution in [3.8, 4) is 5.75 Å². The third kappa shape index (κ3) is 2.15. The van der Waals surface area contributed by atoms with Crippen LogP contribution in [0.1, 0.15) is 19.4 Å². The van der Waals surface area contributed by atoms with Crippen LogP contribution in [-0.2, 0) is 5.31 Å². The van der Waals surface area contributed by atoms with E-state index in [4.69, 9.17) is 0 Å². The molecular formula is C9H12BIO. The lowest BCUT2D eigenvalue weighted by Crippen LogP contribution is -2.16. The van der Waals surface area contributed by atoms with Gasteiger partial charge in [0, 0.05) is 0 Å². The van der Waals surface area contributed by atoms with Crippen LogP contribution < -0.4 is 0 Å². The summed E-state index contributed by atoms with van der Waals surface area (Å²) in [5.41, 5.74) is 1.25. The highest BCUT2D eigenvalue weighted by Crippen LogP contribution is 2.26. The smallest absolute Gasteiger partial charge is 0.128 e. The molecule has 0 atom stereocenters. The molecular weight excluding hydrogens is 262 g/mol. The summed E-state index contributed by atoms with van der Waals surface area (Å²) >= 11 is 2.14. The molecule has 1 N–H and O–H groups in total. The second-order valence-electron chi connectivity index (χ2n) is 3.92. The highest BCUT2D eigenvalue weighted by molar-refractivity contribution is 14.1. The van der Waals surface area contributed by atoms with E-state index in [-0.39, 0.29) is 5.31 Å². The topological polar surface area (TPSA) is 20.2 Å². The molecule has 0 aliphatic rings. The fraction of sp³-hybridized carbons (Fsp3) is 0.333. The molecule has 0 saturated carbocycles. The van der Waals surface area contributed by atoms with E-state index >= 15 is 0 Å². The lowest BCUT2D eigenvalue weighted by Gasteiger charge is -2.19. The van der Waals surface area contributed by atoms with E-state index in [9.17, 15) is 5.11 Å². The molecule has 3 heteroatoms. The first-order valence-corrected chi connectivity index (χ1v) is 4.98. The van der Waals surface area contributed by atoms with Gasteiger partial charge in [0.1, 0.15) is 13.6 Å². The Balaban J connectivity index is 3.14. The minimum atomic E-state index is 0.160. The molecule has 0 aromatic heterocycles. The van der Waals surface area contributed by atoms with Gasteiger partial charge in [-0.15, -0.1) is 0 Å². The Hall–Kier alpha value is -0.185. The number of halogens is 1. The van der Waals surface area contributed by atoms with Crippen molar-refractivity contribution in [2.45, 2.75) is 19.2 Å². The van der Waals surface area contributed by atoms with Gasteiger partial charge in [0.15, 0.2) is 0 Å². The Kier molecular flexibility index (Phi) is 2.71. The lowest BCUT2D eigenvalue weighted by atomic mass is 9.67. The molecule has 1 aromatic rings. The molecule has 0 unspecified atom stereocenters. The average molecular weight is 274 g/mol. The second kappa shape index (κ2) is 3.28. The molecule has 1 aromatic carbocycles. The van der Waals surface area contributed by atoms with Gasteiger partial charge in [-0.2, -0.15) is 0 Å². The van der Waals surface area contributed by atoms with Gasteiger partial charge in [-0.05, 0) is 45.6 Å². The molecule has 1 rings (SSSR count). The summed E-state index contributed by atoms with van der Waals surface area (Å²) in [5.74, 6) is 0.364. The third-order valence-corrected chi connectivity index (χ3v) is 2.68. The Labute approximate surface area is 87.7 Å². The number of phenolic OH excluding ortho intramolecular Hbond substituents is 1. The van der Waals surface area contributed by atoms with Gasteiger partial charge in [0.2, 0.25) is 0 Å². The molecule has 0 saturated heterocycles. The largest absolute Gasteiger partial charge is 0.507 e. The molecule has 0 spiro atoms. The number of phenols is 1. The van der Waals surface area contributed by atoms with Crippen LogP contribution in [0.3, 0.4) is 0 Å². The molecule has 0 heterocycles. The average Bonchev–Trinajstić information content (AvgIpc) is 1.92. The first-order valence-electron chi connectivity index (χ1n) is 3.90. The fourth-order valence-corrected chi connectivity index (χ4v) is 1.49. The maximum Gasteiger partial charge on any atom is 0.128 e. The summed E-state index contributed by atoms with van der Waals surface area (Å²) in [6, 6.07) is 5.75. The van der Waals surface area contributed by atoms with Gasteiger partial charge in [-0.1, -0.05) is 19.9 Å². The van der Waals surface area contributed by atoms with Crippen molar-refractivity contribution in [2.24, 2.45) is 0 Å². The Morgan fingerprint density at radius 3 is 2.42 bits per heavy atom. The molecule has 12 heavy (non-hydrogen) atoms. The predicted molar refractivity (Wildman–Crippen MR) is 62.4 cm³/mol. The van der Waals surface area contributed by atoms with E-state index in [1.54, 1.807) is 6.07 Å². The summed E-state index contributed by atoms with van der Waals surface area (Å²) in [4.78, 5) is 0. The molecule has 0 aliphatic carbocycles. The number of aromatic hydroxyl groups is 1. The first kappa shape index (κ1) is 9.90. The second-order valence-corrected chi connectivity index (χ2v) is 5.08. The third-order valence-electron chi connectivity index (χ3n) is 1.81. The van der Waals surface area contributed by atoms with Crippen molar-refractivity contribution in [1.29, 1.82) is 0 Å². The normalized spacial score (nSPS) is 11.6. The zero-order valence-electron chi connectivity index (χ0n) is 7.56. The van der Waals surface area contributed by atoms with Crippen molar-refractivity contribution in [2.75, 3.05) is 0 Å². The SMILES string of the molecule is BC(C)(C)c1ccc(O)c(I)c1. The van der Waals surface area contributed by atoms with E-state index < -0.39 is 0 Å². The molecule has 0 aliphatic heterocycles. The van der Waals surface area contributed by atoms with E-state index in [1.165, 1.54) is 5.56 Å². The minimum absolute atomic E-state index is 0.160. The van der Waals surface area contributed by atoms with E-state index in [2.05, 4.69) is 44.3 Å². The minimum Gasteiger partial charge on any atom is -0.507 e. The number of benzene rings is 1. The highest BCUT2D eigenvalue weighted by Gasteiger charge is 2.14. The molecule has 0 fully saturated rings. The van der Waals surface area contributed by atoms with Gasteiger partial charge in [-0.3, -0.25) is 0 Å². The number of hydrogen-bond donors (Lipinski definition) is 1. The quantitative estimate of drug-likeness (QED) is 0.612. The first-order chi connectivity index (χ1) is 5.41. The van der Waals surface area contributed by atoms with Crippen LogP contribution in [0.5, 0.6) is 5.75 Å². The van der Waals surface area contributed by atoms with Crippen molar-refractivity contribution >= 4 is 30.4 Å². The van der Waals surface area contributed by atoms with Crippen LogP contribution >= 0.6 is 22.6 Å². The van der Waals surface area contributed by atoms with Crippen molar-refractivity contribution < 1.29 is 5.11 Å². The summed E-state index contributed by atoms with van der Waals surface area (Å²) in [5, 5.41) is 9.46. The zero-order valence-corrected chi connectivity index (χ0v) is 9.71. The van der Waals surface area contributed by atoms with Crippen molar-refractivity contribution in [1.82, 2.24) is 0 Å². The number of rotatable bonds is 1. The van der Waals surface area contributed by atoms with E-state index in [0.717, 1.165) is 3.57 Å². The summed E-state index contributed by atoms with van der Waals surface area (Å²) in [6.07, 6.45) is 0. The van der Waals surface area contributed by atoms with Crippen molar-refractivity contribution in [3.63, 3.8) is 0 Å². The van der Waals surface area contributed by atoms with Gasteiger partial charge in [-0.25, -0.2) is 0 Å². The van der Waals surface area contributed by atoms with Crippen LogP contribution in [0.15, 0.2) is 18.2 Å². The molecule has 0 bridgehead atoms. The van der Waals surface area contributed by atoms with Gasteiger partial charge >= 0.3 is 0 Å². The lowest BCUT2D eigenvalue weighted by molar-refractivity contribution is 0.471. The maximum absolute atomic E-state index is 9.30. The zero-order chi connectivity index (χ0) is 9.35. The van der Waals surface area contributed by atoms with Gasteiger partial charge in [0.25, 0.3) is 0 Å². The molecule has 1 nitrogen and oxygen atoms in total. The molecule has 0 amide bonds. The van der Waals surface area contributed by atoms with Gasteiger partial charge in [0.05, 0.1) is 3.57 Å². The Morgan fingerprint density at radius 1 is 1.42 bits per heavy atom. The predicted octanol–water partition coefficient (Wildman–Crippen LogP) is 1.86. The standard InChI is InChI=1S/C9H12BIO/c1-9(2,10)6-3-4-8(12)7(11)5-6/h3-5,12H,10H2,1-2H3. The summed E-state index contributed by atoms with van der Waals surface area (Å²) in [6.45, 7) is 4.32. The van der Waals surface area contributed by atoms with Gasteiger partial charge < -0.3 is 5.11 Å². The van der Waals surface area contributed by atoms with Crippen LogP contribution in [0, 0.1) is 3.57 Å². The molecule has 64 valence electrons. The van der Waals surface area contributed by atoms with Crippen LogP contribution in [0.4, 0.5) is 0 Å². The van der Waals surface area contributed by atoms with Crippen LogP contribution in [-0.4, -0.2) is 13.0 Å². The molecule has 0 radical (unpaired) electrons. The van der Waals surface area contributed by atoms with E-state index in [1.807, 2.05) is 12.1 Å². The van der Waals surface area contributed by atoms with Crippen LogP contribution in [0.25, 0.3) is 0 Å².